The summed E-state index contributed by atoms with van der Waals surface area (Å²) in [6.45, 7) is 0. The topological polar surface area (TPSA) is 0 Å². The molecule has 2 aromatic carbocycles. The Kier molecular flexibility index (Phi) is 5.93. The standard InChI is InChI=1S/C16H15Br2Cl/c17-15-6-3-4-12(10-15)8-13(11-19)9-14-5-1-2-7-16(14)18/h1-7,10,13H,8-9,11H2. The first kappa shape index (κ1) is 15.1. The molecule has 0 aliphatic carbocycles. The first-order chi connectivity index (χ1) is 9.19. The predicted molar refractivity (Wildman–Crippen MR) is 89.9 cm³/mol. The second-order valence-corrected chi connectivity index (χ2v) is 6.73. The van der Waals surface area contributed by atoms with Gasteiger partial charge in [-0.15, -0.1) is 11.6 Å². The highest BCUT2D eigenvalue weighted by atomic mass is 79.9. The number of hydrogen-bond acceptors (Lipinski definition) is 0. The highest BCUT2D eigenvalue weighted by Gasteiger charge is 2.11. The van der Waals surface area contributed by atoms with Crippen LogP contribution in [0.1, 0.15) is 11.1 Å². The maximum absolute atomic E-state index is 6.13. The van der Waals surface area contributed by atoms with E-state index in [9.17, 15) is 0 Å². The summed E-state index contributed by atoms with van der Waals surface area (Å²) in [4.78, 5) is 0. The molecule has 0 bridgehead atoms. The zero-order chi connectivity index (χ0) is 13.7. The number of hydrogen-bond donors (Lipinski definition) is 0. The van der Waals surface area contributed by atoms with Crippen LogP contribution in [0, 0.1) is 5.92 Å². The maximum atomic E-state index is 6.13. The summed E-state index contributed by atoms with van der Waals surface area (Å²) in [6, 6.07) is 16.8. The Morgan fingerprint density at radius 1 is 0.947 bits per heavy atom. The van der Waals surface area contributed by atoms with E-state index in [1.165, 1.54) is 15.6 Å². The minimum absolute atomic E-state index is 0.453. The fourth-order valence-electron chi connectivity index (χ4n) is 2.15. The van der Waals surface area contributed by atoms with Crippen molar-refractivity contribution in [2.45, 2.75) is 12.8 Å². The molecule has 0 radical (unpaired) electrons. The molecule has 19 heavy (non-hydrogen) atoms. The molecule has 0 N–H and O–H groups in total. The molecule has 0 saturated carbocycles. The molecule has 2 rings (SSSR count). The molecule has 1 unspecified atom stereocenters. The fourth-order valence-corrected chi connectivity index (χ4v) is 3.27. The van der Waals surface area contributed by atoms with E-state index in [0.29, 0.717) is 11.8 Å². The van der Waals surface area contributed by atoms with Gasteiger partial charge in [-0.1, -0.05) is 62.2 Å². The number of benzene rings is 2. The van der Waals surface area contributed by atoms with Gasteiger partial charge in [-0.25, -0.2) is 0 Å². The van der Waals surface area contributed by atoms with Crippen molar-refractivity contribution in [3.05, 3.63) is 68.6 Å². The Hall–Kier alpha value is -0.310. The third-order valence-electron chi connectivity index (χ3n) is 3.10. The average Bonchev–Trinajstić information content (AvgIpc) is 2.40. The molecule has 0 aromatic heterocycles. The SMILES string of the molecule is ClCC(Cc1cccc(Br)c1)Cc1ccccc1Br. The second kappa shape index (κ2) is 7.47. The molecule has 3 heteroatoms. The smallest absolute Gasteiger partial charge is 0.0258 e. The van der Waals surface area contributed by atoms with Crippen LogP contribution in [0.15, 0.2) is 57.5 Å². The van der Waals surface area contributed by atoms with Crippen molar-refractivity contribution in [3.63, 3.8) is 0 Å². The first-order valence-corrected chi connectivity index (χ1v) is 8.35. The third-order valence-corrected chi connectivity index (χ3v) is 4.80. The van der Waals surface area contributed by atoms with Gasteiger partial charge in [0.2, 0.25) is 0 Å². The highest BCUT2D eigenvalue weighted by molar-refractivity contribution is 9.10. The Bertz CT molecular complexity index is 540. The molecule has 0 heterocycles. The molecule has 0 fully saturated rings. The largest absolute Gasteiger partial charge is 0.126 e. The fraction of sp³-hybridized carbons (Fsp3) is 0.250. The molecule has 0 aliphatic rings. The molecule has 0 saturated heterocycles. The normalized spacial score (nSPS) is 12.4. The summed E-state index contributed by atoms with van der Waals surface area (Å²) in [6.07, 6.45) is 2.00. The van der Waals surface area contributed by atoms with Gasteiger partial charge in [-0.05, 0) is 48.1 Å². The van der Waals surface area contributed by atoms with Crippen LogP contribution >= 0.6 is 43.5 Å². The van der Waals surface area contributed by atoms with Crippen LogP contribution in [0.2, 0.25) is 0 Å². The van der Waals surface area contributed by atoms with Crippen molar-refractivity contribution < 1.29 is 0 Å². The van der Waals surface area contributed by atoms with Crippen LogP contribution in [0.4, 0.5) is 0 Å². The van der Waals surface area contributed by atoms with Crippen molar-refractivity contribution in [2.75, 3.05) is 5.88 Å². The summed E-state index contributed by atoms with van der Waals surface area (Å²) >= 11 is 13.2. The zero-order valence-electron chi connectivity index (χ0n) is 10.5. The van der Waals surface area contributed by atoms with Gasteiger partial charge in [0.1, 0.15) is 0 Å². The molecular formula is C16H15Br2Cl. The van der Waals surface area contributed by atoms with Gasteiger partial charge in [-0.3, -0.25) is 0 Å². The minimum atomic E-state index is 0.453. The second-order valence-electron chi connectivity index (χ2n) is 4.65. The van der Waals surface area contributed by atoms with E-state index in [-0.39, 0.29) is 0 Å². The van der Waals surface area contributed by atoms with Gasteiger partial charge in [0.15, 0.2) is 0 Å². The van der Waals surface area contributed by atoms with Gasteiger partial charge in [-0.2, -0.15) is 0 Å². The summed E-state index contributed by atoms with van der Waals surface area (Å²) in [5.74, 6) is 1.13. The lowest BCUT2D eigenvalue weighted by atomic mass is 9.94. The van der Waals surface area contributed by atoms with Crippen molar-refractivity contribution in [1.82, 2.24) is 0 Å². The van der Waals surface area contributed by atoms with E-state index in [0.717, 1.165) is 17.3 Å². The van der Waals surface area contributed by atoms with Gasteiger partial charge in [0.05, 0.1) is 0 Å². The van der Waals surface area contributed by atoms with Gasteiger partial charge in [0.25, 0.3) is 0 Å². The molecule has 0 aliphatic heterocycles. The van der Waals surface area contributed by atoms with E-state index in [4.69, 9.17) is 11.6 Å². The van der Waals surface area contributed by atoms with Crippen molar-refractivity contribution in [2.24, 2.45) is 5.92 Å². The Labute approximate surface area is 136 Å². The monoisotopic (exact) mass is 400 g/mol. The Morgan fingerprint density at radius 3 is 2.42 bits per heavy atom. The summed E-state index contributed by atoms with van der Waals surface area (Å²) < 4.78 is 2.29. The predicted octanol–water partition coefficient (Wildman–Crippen LogP) is 5.85. The van der Waals surface area contributed by atoms with E-state index >= 15 is 0 Å². The van der Waals surface area contributed by atoms with Crippen molar-refractivity contribution in [1.29, 1.82) is 0 Å². The highest BCUT2D eigenvalue weighted by Crippen LogP contribution is 2.23. The van der Waals surface area contributed by atoms with Crippen LogP contribution in [0.5, 0.6) is 0 Å². The van der Waals surface area contributed by atoms with Crippen LogP contribution in [-0.2, 0) is 12.8 Å². The summed E-state index contributed by atoms with van der Waals surface area (Å²) in [7, 11) is 0. The lowest BCUT2D eigenvalue weighted by Crippen LogP contribution is -2.10. The molecular weight excluding hydrogens is 387 g/mol. The van der Waals surface area contributed by atoms with E-state index in [2.05, 4.69) is 68.3 Å². The van der Waals surface area contributed by atoms with Crippen LogP contribution in [-0.4, -0.2) is 5.88 Å². The molecule has 100 valence electrons. The van der Waals surface area contributed by atoms with Crippen molar-refractivity contribution in [3.8, 4) is 0 Å². The van der Waals surface area contributed by atoms with E-state index < -0.39 is 0 Å². The van der Waals surface area contributed by atoms with Crippen molar-refractivity contribution >= 4 is 43.5 Å². The minimum Gasteiger partial charge on any atom is -0.126 e. The lowest BCUT2D eigenvalue weighted by molar-refractivity contribution is 0.582. The Balaban J connectivity index is 2.07. The zero-order valence-corrected chi connectivity index (χ0v) is 14.4. The summed E-state index contributed by atoms with van der Waals surface area (Å²) in [5.41, 5.74) is 2.65. The maximum Gasteiger partial charge on any atom is 0.0258 e. The van der Waals surface area contributed by atoms with Crippen LogP contribution < -0.4 is 0 Å². The van der Waals surface area contributed by atoms with Gasteiger partial charge < -0.3 is 0 Å². The first-order valence-electron chi connectivity index (χ1n) is 6.23. The number of rotatable bonds is 5. The molecule has 0 nitrogen and oxygen atoms in total. The number of alkyl halides is 1. The van der Waals surface area contributed by atoms with Crippen LogP contribution in [0.25, 0.3) is 0 Å². The summed E-state index contributed by atoms with van der Waals surface area (Å²) in [5, 5.41) is 0. The van der Waals surface area contributed by atoms with E-state index in [1.807, 2.05) is 12.1 Å². The molecule has 0 amide bonds. The molecule has 0 spiro atoms. The lowest BCUT2D eigenvalue weighted by Gasteiger charge is -2.15. The Morgan fingerprint density at radius 2 is 1.74 bits per heavy atom. The average molecular weight is 403 g/mol. The molecule has 1 atom stereocenters. The van der Waals surface area contributed by atoms with Crippen LogP contribution in [0.3, 0.4) is 0 Å². The van der Waals surface area contributed by atoms with E-state index in [1.54, 1.807) is 0 Å². The third kappa shape index (κ3) is 4.62. The van der Waals surface area contributed by atoms with Gasteiger partial charge >= 0.3 is 0 Å². The number of halogens is 3. The quantitative estimate of drug-likeness (QED) is 0.550. The van der Waals surface area contributed by atoms with Gasteiger partial charge in [0, 0.05) is 14.8 Å². The molecule has 2 aromatic rings.